The minimum Gasteiger partial charge on any atom is -0.340 e. The third kappa shape index (κ3) is 3.01. The number of amides is 1. The van der Waals surface area contributed by atoms with E-state index in [4.69, 9.17) is 0 Å². The third-order valence-corrected chi connectivity index (χ3v) is 4.36. The summed E-state index contributed by atoms with van der Waals surface area (Å²) in [6.07, 6.45) is 4.25. The molecule has 2 bridgehead atoms. The minimum atomic E-state index is -0.574. The molecule has 3 heterocycles. The predicted molar refractivity (Wildman–Crippen MR) is 78.5 cm³/mol. The predicted octanol–water partition coefficient (Wildman–Crippen LogP) is 0.109. The van der Waals surface area contributed by atoms with Crippen LogP contribution in [-0.2, 0) is 11.3 Å². The number of fused-ring (bicyclic) bond motifs is 2. The lowest BCUT2D eigenvalue weighted by atomic mass is 10.1. The van der Waals surface area contributed by atoms with Gasteiger partial charge in [-0.3, -0.25) is 24.3 Å². The Bertz CT molecular complexity index is 656. The van der Waals surface area contributed by atoms with Crippen LogP contribution in [0.4, 0.5) is 5.69 Å². The molecule has 8 nitrogen and oxygen atoms in total. The van der Waals surface area contributed by atoms with Crippen LogP contribution in [0.3, 0.4) is 0 Å². The first-order chi connectivity index (χ1) is 10.5. The molecule has 0 radical (unpaired) electrons. The molecule has 1 aromatic heterocycles. The zero-order chi connectivity index (χ0) is 15.7. The number of carbonyl (C=O) groups excluding carboxylic acids is 1. The maximum absolute atomic E-state index is 12.4. The molecule has 0 aromatic carbocycles. The van der Waals surface area contributed by atoms with Crippen molar-refractivity contribution in [2.24, 2.45) is 0 Å². The lowest BCUT2D eigenvalue weighted by Gasteiger charge is -2.24. The van der Waals surface area contributed by atoms with Crippen molar-refractivity contribution in [3.8, 4) is 0 Å². The number of pyridine rings is 1. The number of rotatable bonds is 3. The number of carbonyl (C=O) groups is 1. The van der Waals surface area contributed by atoms with E-state index < -0.39 is 10.5 Å². The van der Waals surface area contributed by atoms with Gasteiger partial charge in [-0.05, 0) is 19.3 Å². The van der Waals surface area contributed by atoms with E-state index in [1.54, 1.807) is 4.90 Å². The average molecular weight is 306 g/mol. The van der Waals surface area contributed by atoms with Gasteiger partial charge in [0.2, 0.25) is 5.91 Å². The summed E-state index contributed by atoms with van der Waals surface area (Å²) in [6.45, 7) is 1.15. The van der Waals surface area contributed by atoms with Crippen molar-refractivity contribution in [3.05, 3.63) is 38.8 Å². The van der Waals surface area contributed by atoms with E-state index in [1.807, 2.05) is 0 Å². The van der Waals surface area contributed by atoms with Crippen molar-refractivity contribution in [1.82, 2.24) is 14.8 Å². The molecular formula is C14H18N4O4. The molecule has 2 unspecified atom stereocenters. The van der Waals surface area contributed by atoms with Crippen molar-refractivity contribution in [1.29, 1.82) is 0 Å². The molecule has 22 heavy (non-hydrogen) atoms. The highest BCUT2D eigenvalue weighted by atomic mass is 16.6. The second kappa shape index (κ2) is 5.88. The summed E-state index contributed by atoms with van der Waals surface area (Å²) in [4.78, 5) is 36.1. The molecule has 2 aliphatic rings. The second-order valence-electron chi connectivity index (χ2n) is 5.88. The number of nitro groups is 1. The molecule has 8 heteroatoms. The van der Waals surface area contributed by atoms with Gasteiger partial charge in [-0.15, -0.1) is 0 Å². The molecule has 2 atom stereocenters. The Morgan fingerprint density at radius 1 is 1.32 bits per heavy atom. The van der Waals surface area contributed by atoms with Crippen molar-refractivity contribution in [2.45, 2.75) is 37.9 Å². The molecule has 2 saturated heterocycles. The monoisotopic (exact) mass is 306 g/mol. The van der Waals surface area contributed by atoms with E-state index in [0.717, 1.165) is 42.2 Å². The second-order valence-corrected chi connectivity index (χ2v) is 5.88. The van der Waals surface area contributed by atoms with Crippen LogP contribution in [0.5, 0.6) is 0 Å². The van der Waals surface area contributed by atoms with Crippen LogP contribution >= 0.6 is 0 Å². The van der Waals surface area contributed by atoms with Crippen molar-refractivity contribution in [3.63, 3.8) is 0 Å². The molecule has 1 N–H and O–H groups in total. The fourth-order valence-corrected chi connectivity index (χ4v) is 3.17. The van der Waals surface area contributed by atoms with E-state index in [2.05, 4.69) is 5.32 Å². The van der Waals surface area contributed by atoms with Crippen molar-refractivity contribution < 1.29 is 9.72 Å². The molecule has 2 fully saturated rings. The van der Waals surface area contributed by atoms with Gasteiger partial charge in [0.1, 0.15) is 6.54 Å². The zero-order valence-corrected chi connectivity index (χ0v) is 12.1. The normalized spacial score (nSPS) is 24.1. The first-order valence-corrected chi connectivity index (χ1v) is 7.41. The first-order valence-electron chi connectivity index (χ1n) is 7.41. The topological polar surface area (TPSA) is 97.5 Å². The quantitative estimate of drug-likeness (QED) is 0.631. The van der Waals surface area contributed by atoms with Crippen LogP contribution < -0.4 is 10.9 Å². The SMILES string of the molecule is O=C(Cn1cc([N+](=O)[O-])ccc1=O)N1CCC2CCC(C1)N2. The molecule has 3 rings (SSSR count). The summed E-state index contributed by atoms with van der Waals surface area (Å²) in [5.41, 5.74) is -0.600. The van der Waals surface area contributed by atoms with Gasteiger partial charge in [-0.25, -0.2) is 0 Å². The standard InChI is InChI=1S/C14H18N4O4/c19-13-4-3-12(18(21)22)8-17(13)9-14(20)16-6-5-10-1-2-11(7-16)15-10/h3-4,8,10-11,15H,1-2,5-7,9H2. The maximum Gasteiger partial charge on any atom is 0.285 e. The van der Waals surface area contributed by atoms with Gasteiger partial charge >= 0.3 is 0 Å². The van der Waals surface area contributed by atoms with Crippen LogP contribution in [0.2, 0.25) is 0 Å². The van der Waals surface area contributed by atoms with Gasteiger partial charge in [0.25, 0.3) is 11.2 Å². The summed E-state index contributed by atoms with van der Waals surface area (Å²) >= 11 is 0. The van der Waals surface area contributed by atoms with Gasteiger partial charge in [0, 0.05) is 37.3 Å². The van der Waals surface area contributed by atoms with Crippen LogP contribution in [0, 0.1) is 10.1 Å². The van der Waals surface area contributed by atoms with Gasteiger partial charge in [-0.1, -0.05) is 0 Å². The van der Waals surface area contributed by atoms with Crippen LogP contribution in [-0.4, -0.2) is 45.5 Å². The Kier molecular flexibility index (Phi) is 3.93. The van der Waals surface area contributed by atoms with E-state index >= 15 is 0 Å². The van der Waals surface area contributed by atoms with Crippen molar-refractivity contribution >= 4 is 11.6 Å². The van der Waals surface area contributed by atoms with E-state index in [9.17, 15) is 19.7 Å². The molecule has 118 valence electrons. The summed E-state index contributed by atoms with van der Waals surface area (Å²) in [5, 5.41) is 14.3. The molecule has 2 aliphatic heterocycles. The highest BCUT2D eigenvalue weighted by Gasteiger charge is 2.31. The Morgan fingerprint density at radius 2 is 2.09 bits per heavy atom. The number of hydrogen-bond donors (Lipinski definition) is 1. The molecule has 0 saturated carbocycles. The number of aromatic nitrogens is 1. The van der Waals surface area contributed by atoms with E-state index in [1.165, 1.54) is 0 Å². The van der Waals surface area contributed by atoms with Crippen LogP contribution in [0.1, 0.15) is 19.3 Å². The number of likely N-dealkylation sites (tertiary alicyclic amines) is 1. The zero-order valence-electron chi connectivity index (χ0n) is 12.1. The van der Waals surface area contributed by atoms with Gasteiger partial charge in [-0.2, -0.15) is 0 Å². The smallest absolute Gasteiger partial charge is 0.285 e. The molecular weight excluding hydrogens is 288 g/mol. The summed E-state index contributed by atoms with van der Waals surface area (Å²) in [7, 11) is 0. The highest BCUT2D eigenvalue weighted by Crippen LogP contribution is 2.20. The first kappa shape index (κ1) is 14.7. The average Bonchev–Trinajstić information content (AvgIpc) is 2.80. The number of nitrogens with one attached hydrogen (secondary N) is 1. The van der Waals surface area contributed by atoms with Crippen LogP contribution in [0.15, 0.2) is 23.1 Å². The Labute approximate surface area is 126 Å². The largest absolute Gasteiger partial charge is 0.340 e. The summed E-state index contributed by atoms with van der Waals surface area (Å²) in [5.74, 6) is -0.169. The molecule has 0 spiro atoms. The van der Waals surface area contributed by atoms with Gasteiger partial charge in [0.15, 0.2) is 0 Å². The lowest BCUT2D eigenvalue weighted by molar-refractivity contribution is -0.385. The summed E-state index contributed by atoms with van der Waals surface area (Å²) in [6, 6.07) is 3.07. The molecule has 0 aliphatic carbocycles. The Balaban J connectivity index is 1.72. The van der Waals surface area contributed by atoms with Crippen molar-refractivity contribution in [2.75, 3.05) is 13.1 Å². The van der Waals surface area contributed by atoms with Gasteiger partial charge < -0.3 is 10.2 Å². The molecule has 1 aromatic rings. The number of hydrogen-bond acceptors (Lipinski definition) is 5. The van der Waals surface area contributed by atoms with E-state index in [-0.39, 0.29) is 18.1 Å². The number of nitrogens with zero attached hydrogens (tertiary/aromatic N) is 3. The minimum absolute atomic E-state index is 0.155. The summed E-state index contributed by atoms with van der Waals surface area (Å²) < 4.78 is 1.11. The fraction of sp³-hybridized carbons (Fsp3) is 0.571. The Hall–Kier alpha value is -2.22. The lowest BCUT2D eigenvalue weighted by Crippen LogP contribution is -2.41. The molecule has 1 amide bonds. The van der Waals surface area contributed by atoms with Gasteiger partial charge in [0.05, 0.1) is 11.1 Å². The van der Waals surface area contributed by atoms with Crippen LogP contribution in [0.25, 0.3) is 0 Å². The van der Waals surface area contributed by atoms with E-state index in [0.29, 0.717) is 25.2 Å². The Morgan fingerprint density at radius 3 is 2.86 bits per heavy atom. The third-order valence-electron chi connectivity index (χ3n) is 4.36. The maximum atomic E-state index is 12.4. The highest BCUT2D eigenvalue weighted by molar-refractivity contribution is 5.76. The fourth-order valence-electron chi connectivity index (χ4n) is 3.17.